The fourth-order valence-electron chi connectivity index (χ4n) is 4.01. The van der Waals surface area contributed by atoms with Crippen molar-refractivity contribution in [1.82, 2.24) is 14.8 Å². The number of hydrogen-bond acceptors (Lipinski definition) is 5. The predicted octanol–water partition coefficient (Wildman–Crippen LogP) is 3.03. The van der Waals surface area contributed by atoms with E-state index in [9.17, 15) is 14.7 Å². The third-order valence-corrected chi connectivity index (χ3v) is 5.99. The number of halogens is 1. The van der Waals surface area contributed by atoms with Crippen molar-refractivity contribution in [2.24, 2.45) is 0 Å². The first-order chi connectivity index (χ1) is 14.5. The summed E-state index contributed by atoms with van der Waals surface area (Å²) in [5, 5.41) is 10.4. The number of aromatic nitrogens is 1. The molecule has 2 amide bonds. The Kier molecular flexibility index (Phi) is 6.08. The van der Waals surface area contributed by atoms with Crippen molar-refractivity contribution in [2.45, 2.75) is 19.3 Å². The third-order valence-electron chi connectivity index (χ3n) is 5.71. The van der Waals surface area contributed by atoms with E-state index in [2.05, 4.69) is 4.98 Å². The number of phenolic OH excluding ortho intramolecular Hbond substituents is 1. The summed E-state index contributed by atoms with van der Waals surface area (Å²) in [6.07, 6.45) is 4.83. The Morgan fingerprint density at radius 1 is 0.900 bits per heavy atom. The second kappa shape index (κ2) is 8.92. The number of nitrogens with zero attached hydrogens (tertiary/aromatic N) is 4. The van der Waals surface area contributed by atoms with Crippen LogP contribution >= 0.6 is 11.6 Å². The van der Waals surface area contributed by atoms with E-state index in [0.717, 1.165) is 25.9 Å². The molecule has 0 radical (unpaired) electrons. The molecule has 7 nitrogen and oxygen atoms in total. The number of para-hydroxylation sites is 1. The number of carbonyl (C=O) groups excluding carboxylic acids is 2. The van der Waals surface area contributed by atoms with Crippen molar-refractivity contribution < 1.29 is 14.7 Å². The molecule has 0 spiro atoms. The van der Waals surface area contributed by atoms with Crippen LogP contribution in [0.1, 0.15) is 40.0 Å². The fourth-order valence-corrected chi connectivity index (χ4v) is 4.29. The summed E-state index contributed by atoms with van der Waals surface area (Å²) in [6, 6.07) is 8.26. The van der Waals surface area contributed by atoms with Gasteiger partial charge in [0.05, 0.1) is 16.1 Å². The van der Waals surface area contributed by atoms with Crippen LogP contribution in [0.15, 0.2) is 36.5 Å². The molecular weight excluding hydrogens is 404 g/mol. The second-order valence-corrected chi connectivity index (χ2v) is 8.09. The van der Waals surface area contributed by atoms with Gasteiger partial charge in [0.2, 0.25) is 0 Å². The Labute approximate surface area is 180 Å². The normalized spacial score (nSPS) is 17.2. The van der Waals surface area contributed by atoms with Gasteiger partial charge in [-0.05, 0) is 37.5 Å². The summed E-state index contributed by atoms with van der Waals surface area (Å²) >= 11 is 6.47. The molecule has 2 saturated heterocycles. The van der Waals surface area contributed by atoms with Gasteiger partial charge in [-0.2, -0.15) is 0 Å². The van der Waals surface area contributed by atoms with Crippen molar-refractivity contribution in [2.75, 3.05) is 44.2 Å². The van der Waals surface area contributed by atoms with Crippen LogP contribution in [-0.2, 0) is 0 Å². The van der Waals surface area contributed by atoms with Crippen LogP contribution in [0.3, 0.4) is 0 Å². The molecule has 0 aliphatic carbocycles. The van der Waals surface area contributed by atoms with E-state index in [1.165, 1.54) is 12.5 Å². The molecule has 2 fully saturated rings. The molecule has 0 atom stereocenters. The number of carbonyl (C=O) groups is 2. The molecule has 30 heavy (non-hydrogen) atoms. The zero-order valence-corrected chi connectivity index (χ0v) is 17.5. The molecular formula is C22H25ClN4O3. The second-order valence-electron chi connectivity index (χ2n) is 7.68. The van der Waals surface area contributed by atoms with Gasteiger partial charge in [0, 0.05) is 45.5 Å². The predicted molar refractivity (Wildman–Crippen MR) is 115 cm³/mol. The maximum Gasteiger partial charge on any atom is 0.257 e. The third kappa shape index (κ3) is 4.21. The molecule has 1 aromatic heterocycles. The van der Waals surface area contributed by atoms with Crippen LogP contribution < -0.4 is 4.90 Å². The van der Waals surface area contributed by atoms with E-state index in [1.54, 1.807) is 35.4 Å². The summed E-state index contributed by atoms with van der Waals surface area (Å²) in [5.74, 6) is 0.410. The highest BCUT2D eigenvalue weighted by Crippen LogP contribution is 2.27. The Morgan fingerprint density at radius 2 is 1.57 bits per heavy atom. The van der Waals surface area contributed by atoms with Gasteiger partial charge < -0.3 is 19.8 Å². The molecule has 158 valence electrons. The van der Waals surface area contributed by atoms with Gasteiger partial charge in [-0.1, -0.05) is 23.7 Å². The first-order valence-electron chi connectivity index (χ1n) is 10.3. The number of phenols is 1. The summed E-state index contributed by atoms with van der Waals surface area (Å²) in [6.45, 7) is 3.71. The van der Waals surface area contributed by atoms with Crippen molar-refractivity contribution in [3.8, 4) is 5.75 Å². The minimum absolute atomic E-state index is 0.0106. The molecule has 2 aliphatic rings. The fraction of sp³-hybridized carbons (Fsp3) is 0.409. The lowest BCUT2D eigenvalue weighted by atomic mass is 10.1. The zero-order valence-electron chi connectivity index (χ0n) is 16.8. The number of piperazine rings is 1. The summed E-state index contributed by atoms with van der Waals surface area (Å²) in [7, 11) is 0. The molecule has 4 rings (SSSR count). The minimum atomic E-state index is -0.186. The smallest absolute Gasteiger partial charge is 0.257 e. The first kappa shape index (κ1) is 20.5. The zero-order chi connectivity index (χ0) is 21.1. The number of hydrogen-bond donors (Lipinski definition) is 1. The van der Waals surface area contributed by atoms with Gasteiger partial charge in [0.1, 0.15) is 11.6 Å². The standard InChI is InChI=1S/C22H25ClN4O3/c23-18-14-16(21(29)26-8-4-1-5-9-26)15-24-20(18)25-10-12-27(13-11-25)22(30)17-6-2-3-7-19(17)28/h2-3,6-7,14-15,28H,1,4-5,8-13H2. The summed E-state index contributed by atoms with van der Waals surface area (Å²) in [4.78, 5) is 35.4. The monoisotopic (exact) mass is 428 g/mol. The molecule has 3 heterocycles. The molecule has 2 aromatic rings. The Morgan fingerprint density at radius 3 is 2.23 bits per heavy atom. The maximum atomic E-state index is 12.7. The summed E-state index contributed by atoms with van der Waals surface area (Å²) in [5.41, 5.74) is 0.821. The number of aromatic hydroxyl groups is 1. The molecule has 8 heteroatoms. The number of pyridine rings is 1. The average Bonchev–Trinajstić information content (AvgIpc) is 2.79. The number of amides is 2. The molecule has 0 bridgehead atoms. The van der Waals surface area contributed by atoms with Crippen LogP contribution in [0.25, 0.3) is 0 Å². The van der Waals surface area contributed by atoms with Gasteiger partial charge >= 0.3 is 0 Å². The molecule has 0 unspecified atom stereocenters. The Balaban J connectivity index is 1.40. The number of anilines is 1. The van der Waals surface area contributed by atoms with Gasteiger partial charge in [-0.15, -0.1) is 0 Å². The summed E-state index contributed by atoms with van der Waals surface area (Å²) < 4.78 is 0. The number of rotatable bonds is 3. The highest BCUT2D eigenvalue weighted by atomic mass is 35.5. The highest BCUT2D eigenvalue weighted by Gasteiger charge is 2.26. The van der Waals surface area contributed by atoms with E-state index in [4.69, 9.17) is 11.6 Å². The lowest BCUT2D eigenvalue weighted by Crippen LogP contribution is -2.49. The van der Waals surface area contributed by atoms with Crippen LogP contribution in [0.4, 0.5) is 5.82 Å². The van der Waals surface area contributed by atoms with Crippen LogP contribution in [0.5, 0.6) is 5.75 Å². The highest BCUT2D eigenvalue weighted by molar-refractivity contribution is 6.33. The van der Waals surface area contributed by atoms with Crippen LogP contribution in [0, 0.1) is 0 Å². The number of likely N-dealkylation sites (tertiary alicyclic amines) is 1. The Hall–Kier alpha value is -2.80. The van der Waals surface area contributed by atoms with E-state index in [1.807, 2.05) is 9.80 Å². The molecule has 1 N–H and O–H groups in total. The van der Waals surface area contributed by atoms with Crippen molar-refractivity contribution in [3.63, 3.8) is 0 Å². The number of benzene rings is 1. The van der Waals surface area contributed by atoms with Crippen LogP contribution in [0.2, 0.25) is 5.02 Å². The molecule has 1 aromatic carbocycles. The molecule has 2 aliphatic heterocycles. The topological polar surface area (TPSA) is 77.0 Å². The lowest BCUT2D eigenvalue weighted by Gasteiger charge is -2.36. The minimum Gasteiger partial charge on any atom is -0.507 e. The number of piperidine rings is 1. The maximum absolute atomic E-state index is 12.7. The van der Waals surface area contributed by atoms with Crippen molar-refractivity contribution in [1.29, 1.82) is 0 Å². The average molecular weight is 429 g/mol. The van der Waals surface area contributed by atoms with Gasteiger partial charge in [-0.25, -0.2) is 4.98 Å². The Bertz CT molecular complexity index is 938. The van der Waals surface area contributed by atoms with E-state index in [-0.39, 0.29) is 17.6 Å². The van der Waals surface area contributed by atoms with E-state index >= 15 is 0 Å². The van der Waals surface area contributed by atoms with E-state index < -0.39 is 0 Å². The van der Waals surface area contributed by atoms with Gasteiger partial charge in [0.25, 0.3) is 11.8 Å². The quantitative estimate of drug-likeness (QED) is 0.813. The largest absolute Gasteiger partial charge is 0.507 e. The van der Waals surface area contributed by atoms with Crippen molar-refractivity contribution in [3.05, 3.63) is 52.7 Å². The first-order valence-corrected chi connectivity index (χ1v) is 10.7. The molecule has 0 saturated carbocycles. The van der Waals surface area contributed by atoms with E-state index in [0.29, 0.717) is 48.1 Å². The van der Waals surface area contributed by atoms with Crippen LogP contribution in [-0.4, -0.2) is 71.0 Å². The SMILES string of the molecule is O=C(c1cnc(N2CCN(C(=O)c3ccccc3O)CC2)c(Cl)c1)N1CCCCC1. The lowest BCUT2D eigenvalue weighted by molar-refractivity contribution is 0.0720. The van der Waals surface area contributed by atoms with Crippen molar-refractivity contribution >= 4 is 29.2 Å². The van der Waals surface area contributed by atoms with Gasteiger partial charge in [0.15, 0.2) is 0 Å². The van der Waals surface area contributed by atoms with Gasteiger partial charge in [-0.3, -0.25) is 9.59 Å².